The Morgan fingerprint density at radius 3 is 1.71 bits per heavy atom. The van der Waals surface area contributed by atoms with Crippen molar-refractivity contribution in [1.29, 1.82) is 0 Å². The molecule has 0 spiro atoms. The minimum Gasteiger partial charge on any atom is -0.456 e. The van der Waals surface area contributed by atoms with Gasteiger partial charge in [0.1, 0.15) is 11.2 Å². The molecule has 0 saturated heterocycles. The molecule has 2 bridgehead atoms. The molecule has 0 amide bonds. The molecule has 3 heteroatoms. The van der Waals surface area contributed by atoms with Crippen molar-refractivity contribution >= 4 is 65.6 Å². The minimum atomic E-state index is -0.103. The first kappa shape index (κ1) is 29.5. The molecular weight excluding hydrogens is 621 g/mol. The van der Waals surface area contributed by atoms with Gasteiger partial charge in [-0.1, -0.05) is 81.4 Å². The molecule has 3 aromatic heterocycles. The Bertz CT molecular complexity index is 2790. The van der Waals surface area contributed by atoms with Gasteiger partial charge in [-0.25, -0.2) is 0 Å². The van der Waals surface area contributed by atoms with Crippen LogP contribution < -0.4 is 0 Å². The van der Waals surface area contributed by atoms with Crippen LogP contribution in [0.15, 0.2) is 126 Å². The Morgan fingerprint density at radius 1 is 0.529 bits per heavy atom. The molecule has 3 fully saturated rings. The topological polar surface area (TPSA) is 23.0 Å². The molecule has 9 aromatic rings. The minimum absolute atomic E-state index is 0.103. The lowest BCUT2D eigenvalue weighted by atomic mass is 9.58. The molecule has 3 heterocycles. The van der Waals surface area contributed by atoms with Crippen molar-refractivity contribution in [3.05, 3.63) is 132 Å². The van der Waals surface area contributed by atoms with Gasteiger partial charge < -0.3 is 13.6 Å². The van der Waals surface area contributed by atoms with Gasteiger partial charge in [-0.15, -0.1) is 0 Å². The number of nitrogens with zero attached hydrogens (tertiary/aromatic N) is 2. The first-order valence-electron chi connectivity index (χ1n) is 18.9. The summed E-state index contributed by atoms with van der Waals surface area (Å²) in [5.74, 6) is 0.950. The summed E-state index contributed by atoms with van der Waals surface area (Å²) in [7, 11) is 0. The molecule has 250 valence electrons. The van der Waals surface area contributed by atoms with Crippen LogP contribution in [0.5, 0.6) is 0 Å². The second-order valence-corrected chi connectivity index (χ2v) is 16.6. The smallest absolute Gasteiger partial charge is 0.139 e. The van der Waals surface area contributed by atoms with Crippen LogP contribution in [0.1, 0.15) is 70.4 Å². The van der Waals surface area contributed by atoms with Crippen LogP contribution in [0.4, 0.5) is 0 Å². The van der Waals surface area contributed by atoms with Crippen molar-refractivity contribution in [3.63, 3.8) is 0 Å². The molecule has 12 rings (SSSR count). The Kier molecular flexibility index (Phi) is 6.00. The largest absolute Gasteiger partial charge is 0.456 e. The second-order valence-electron chi connectivity index (χ2n) is 16.6. The van der Waals surface area contributed by atoms with Crippen LogP contribution in [-0.2, 0) is 10.8 Å². The molecule has 0 radical (unpaired) electrons. The van der Waals surface area contributed by atoms with Gasteiger partial charge >= 0.3 is 0 Å². The quantitative estimate of drug-likeness (QED) is 0.185. The zero-order chi connectivity index (χ0) is 34.1. The van der Waals surface area contributed by atoms with Gasteiger partial charge in [-0.05, 0) is 121 Å². The molecule has 0 N–H and O–H groups in total. The zero-order valence-corrected chi connectivity index (χ0v) is 29.7. The predicted molar refractivity (Wildman–Crippen MR) is 214 cm³/mol. The Hall–Kier alpha value is -5.28. The van der Waals surface area contributed by atoms with E-state index in [1.165, 1.54) is 115 Å². The van der Waals surface area contributed by atoms with Crippen molar-refractivity contribution < 1.29 is 4.42 Å². The van der Waals surface area contributed by atoms with Crippen molar-refractivity contribution in [1.82, 2.24) is 9.13 Å². The van der Waals surface area contributed by atoms with E-state index in [1.807, 2.05) is 0 Å². The first-order chi connectivity index (χ1) is 24.9. The monoisotopic (exact) mass is 662 g/mol. The summed E-state index contributed by atoms with van der Waals surface area (Å²) in [5, 5.41) is 7.57. The fraction of sp³-hybridized carbons (Fsp3) is 0.250. The molecule has 3 nitrogen and oxygen atoms in total. The number of fused-ring (bicyclic) bond motifs is 12. The molecule has 3 saturated carbocycles. The molecule has 51 heavy (non-hydrogen) atoms. The third kappa shape index (κ3) is 4.18. The van der Waals surface area contributed by atoms with Gasteiger partial charge in [0, 0.05) is 49.3 Å². The number of aromatic nitrogens is 2. The molecule has 0 atom stereocenters. The van der Waals surface area contributed by atoms with Crippen molar-refractivity contribution in [2.24, 2.45) is 5.92 Å². The van der Waals surface area contributed by atoms with Crippen LogP contribution >= 0.6 is 0 Å². The number of furan rings is 1. The van der Waals surface area contributed by atoms with E-state index in [-0.39, 0.29) is 5.41 Å². The van der Waals surface area contributed by atoms with Crippen molar-refractivity contribution in [3.8, 4) is 11.4 Å². The third-order valence-electron chi connectivity index (χ3n) is 12.8. The number of benzene rings is 6. The lowest BCUT2D eigenvalue weighted by Crippen LogP contribution is -2.37. The number of para-hydroxylation sites is 3. The zero-order valence-electron chi connectivity index (χ0n) is 29.7. The van der Waals surface area contributed by atoms with Crippen molar-refractivity contribution in [2.75, 3.05) is 0 Å². The van der Waals surface area contributed by atoms with Crippen LogP contribution in [0.25, 0.3) is 76.9 Å². The highest BCUT2D eigenvalue weighted by molar-refractivity contribution is 6.13. The fourth-order valence-corrected chi connectivity index (χ4v) is 10.1. The highest BCUT2D eigenvalue weighted by Crippen LogP contribution is 2.52. The van der Waals surface area contributed by atoms with E-state index in [4.69, 9.17) is 4.42 Å². The number of rotatable bonds is 3. The summed E-state index contributed by atoms with van der Waals surface area (Å²) in [5.41, 5.74) is 12.3. The summed E-state index contributed by atoms with van der Waals surface area (Å²) < 4.78 is 11.7. The van der Waals surface area contributed by atoms with Gasteiger partial charge in [0.2, 0.25) is 0 Å². The van der Waals surface area contributed by atoms with Gasteiger partial charge in [0.25, 0.3) is 0 Å². The van der Waals surface area contributed by atoms with E-state index in [9.17, 15) is 0 Å². The average molecular weight is 663 g/mol. The number of hydrogen-bond acceptors (Lipinski definition) is 1. The maximum atomic E-state index is 6.79. The standard InChI is InChI=1S/C48H42N2O/c1-47(2,3)40-29-33(28-39-38-26-31(16-19-45(38)51-46(39)40)48-23-20-30(21-24-48)22-25-48)50-43-15-9-6-12-36(43)37-27-32(17-18-44(37)50)49-41-13-7-4-10-34(41)35-11-5-8-14-42(35)49/h4-19,26-30H,20-25H2,1-3H3. The first-order valence-corrected chi connectivity index (χ1v) is 18.9. The van der Waals surface area contributed by atoms with Crippen LogP contribution in [0.3, 0.4) is 0 Å². The van der Waals surface area contributed by atoms with Crippen molar-refractivity contribution in [2.45, 2.75) is 70.1 Å². The summed E-state index contributed by atoms with van der Waals surface area (Å²) >= 11 is 0. The second kappa shape index (κ2) is 10.4. The van der Waals surface area contributed by atoms with Gasteiger partial charge in [0.05, 0.1) is 22.1 Å². The van der Waals surface area contributed by atoms with E-state index < -0.39 is 0 Å². The van der Waals surface area contributed by atoms with Crippen LogP contribution in [0.2, 0.25) is 0 Å². The molecule has 3 aliphatic rings. The lowest BCUT2D eigenvalue weighted by molar-refractivity contribution is 0.136. The predicted octanol–water partition coefficient (Wildman–Crippen LogP) is 13.3. The van der Waals surface area contributed by atoms with E-state index in [2.05, 4.69) is 151 Å². The number of hydrogen-bond donors (Lipinski definition) is 0. The molecule has 3 aliphatic carbocycles. The average Bonchev–Trinajstić information content (AvgIpc) is 3.82. The maximum absolute atomic E-state index is 6.79. The fourth-order valence-electron chi connectivity index (χ4n) is 10.1. The molecule has 0 aliphatic heterocycles. The summed E-state index contributed by atoms with van der Waals surface area (Å²) in [6, 6.07) is 45.4. The highest BCUT2D eigenvalue weighted by Gasteiger charge is 2.41. The molecular formula is C48H42N2O. The van der Waals surface area contributed by atoms with Crippen LogP contribution in [0, 0.1) is 5.92 Å². The lowest BCUT2D eigenvalue weighted by Gasteiger charge is -2.47. The summed E-state index contributed by atoms with van der Waals surface area (Å²) in [6.07, 6.45) is 8.14. The van der Waals surface area contributed by atoms with E-state index in [1.54, 1.807) is 0 Å². The molecule has 6 aromatic carbocycles. The third-order valence-corrected chi connectivity index (χ3v) is 12.8. The van der Waals surface area contributed by atoms with E-state index in [0.29, 0.717) is 5.41 Å². The Labute approximate surface area is 298 Å². The summed E-state index contributed by atoms with van der Waals surface area (Å²) in [6.45, 7) is 6.94. The SMILES string of the molecule is CC(C)(C)c1cc(-n2c3ccccc3c3cc(-n4c5ccccc5c5ccccc54)ccc32)cc2c1oc1ccc(C34CCC(CC3)CC4)cc12. The van der Waals surface area contributed by atoms with E-state index >= 15 is 0 Å². The highest BCUT2D eigenvalue weighted by atomic mass is 16.3. The molecule has 0 unspecified atom stereocenters. The normalized spacial score (nSPS) is 19.5. The van der Waals surface area contributed by atoms with Gasteiger partial charge in [0.15, 0.2) is 0 Å². The Morgan fingerprint density at radius 2 is 1.08 bits per heavy atom. The Balaban J connectivity index is 1.16. The van der Waals surface area contributed by atoms with Crippen LogP contribution in [-0.4, -0.2) is 9.13 Å². The van der Waals surface area contributed by atoms with E-state index in [0.717, 1.165) is 17.1 Å². The van der Waals surface area contributed by atoms with Gasteiger partial charge in [-0.2, -0.15) is 0 Å². The summed E-state index contributed by atoms with van der Waals surface area (Å²) in [4.78, 5) is 0. The van der Waals surface area contributed by atoms with Gasteiger partial charge in [-0.3, -0.25) is 0 Å². The maximum Gasteiger partial charge on any atom is 0.139 e.